The number of rotatable bonds is 5. The van der Waals surface area contributed by atoms with Gasteiger partial charge in [0.05, 0.1) is 0 Å². The third kappa shape index (κ3) is 3.49. The first-order valence-corrected chi connectivity index (χ1v) is 7.28. The molecule has 2 N–H and O–H groups in total. The second kappa shape index (κ2) is 7.36. The van der Waals surface area contributed by atoms with Crippen molar-refractivity contribution < 1.29 is 9.59 Å². The van der Waals surface area contributed by atoms with Gasteiger partial charge in [-0.25, -0.2) is 0 Å². The Balaban J connectivity index is 2.32. The molecule has 0 saturated carbocycles. The number of anilines is 1. The van der Waals surface area contributed by atoms with Crippen molar-refractivity contribution in [2.45, 2.75) is 20.3 Å². The Bertz CT molecular complexity index is 669. The summed E-state index contributed by atoms with van der Waals surface area (Å²) in [6.07, 6.45) is 3.83. The lowest BCUT2D eigenvalue weighted by molar-refractivity contribution is 0.0955. The zero-order chi connectivity index (χ0) is 15.9. The third-order valence-corrected chi connectivity index (χ3v) is 3.29. The monoisotopic (exact) mass is 297 g/mol. The van der Waals surface area contributed by atoms with Crippen LogP contribution in [0.4, 0.5) is 5.69 Å². The van der Waals surface area contributed by atoms with Gasteiger partial charge in [0.1, 0.15) is 0 Å². The molecule has 0 radical (unpaired) electrons. The van der Waals surface area contributed by atoms with Gasteiger partial charge in [-0.1, -0.05) is 13.0 Å². The Kier molecular flexibility index (Phi) is 5.25. The largest absolute Gasteiger partial charge is 0.352 e. The normalized spacial score (nSPS) is 10.1. The quantitative estimate of drug-likeness (QED) is 0.891. The van der Waals surface area contributed by atoms with Crippen molar-refractivity contribution in [1.29, 1.82) is 0 Å². The van der Waals surface area contributed by atoms with Crippen LogP contribution in [0.25, 0.3) is 0 Å². The molecule has 0 unspecified atom stereocenters. The van der Waals surface area contributed by atoms with E-state index >= 15 is 0 Å². The summed E-state index contributed by atoms with van der Waals surface area (Å²) in [6, 6.07) is 8.64. The maximum atomic E-state index is 12.5. The second-order valence-corrected chi connectivity index (χ2v) is 4.73. The molecule has 2 aromatic rings. The summed E-state index contributed by atoms with van der Waals surface area (Å²) in [4.78, 5) is 28.5. The average Bonchev–Trinajstić information content (AvgIpc) is 2.55. The number of carbonyl (C=O) groups excluding carboxylic acids is 2. The molecule has 1 aromatic heterocycles. The molecule has 0 aliphatic carbocycles. The predicted molar refractivity (Wildman–Crippen MR) is 86.0 cm³/mol. The fourth-order valence-corrected chi connectivity index (χ4v) is 2.28. The maximum Gasteiger partial charge on any atom is 0.255 e. The van der Waals surface area contributed by atoms with Crippen molar-refractivity contribution >= 4 is 17.5 Å². The molecule has 5 heteroatoms. The number of hydrogen-bond acceptors (Lipinski definition) is 3. The number of nitrogens with one attached hydrogen (secondary N) is 2. The highest BCUT2D eigenvalue weighted by atomic mass is 16.2. The van der Waals surface area contributed by atoms with Crippen LogP contribution >= 0.6 is 0 Å². The Morgan fingerprint density at radius 2 is 1.64 bits per heavy atom. The Morgan fingerprint density at radius 1 is 1.00 bits per heavy atom. The maximum absolute atomic E-state index is 12.5. The van der Waals surface area contributed by atoms with Gasteiger partial charge in [0.15, 0.2) is 0 Å². The molecule has 2 rings (SSSR count). The van der Waals surface area contributed by atoms with Gasteiger partial charge in [0.25, 0.3) is 11.8 Å². The molecular weight excluding hydrogens is 278 g/mol. The third-order valence-electron chi connectivity index (χ3n) is 3.29. The molecular formula is C17H19N3O2. The van der Waals surface area contributed by atoms with E-state index in [0.29, 0.717) is 29.8 Å². The van der Waals surface area contributed by atoms with Gasteiger partial charge >= 0.3 is 0 Å². The van der Waals surface area contributed by atoms with Crippen molar-refractivity contribution in [2.75, 3.05) is 11.9 Å². The number of aromatic nitrogens is 1. The standard InChI is InChI=1S/C17H19N3O2/c1-3-13-14(16(21)19-4-2)6-5-7-15(13)17(22)20-12-8-10-18-11-9-12/h5-11H,3-4H2,1-2H3,(H,19,21)(H,18,20,22). The van der Waals surface area contributed by atoms with Gasteiger partial charge in [0.2, 0.25) is 0 Å². The number of pyridine rings is 1. The van der Waals surface area contributed by atoms with E-state index in [4.69, 9.17) is 0 Å². The smallest absolute Gasteiger partial charge is 0.255 e. The SMILES string of the molecule is CCNC(=O)c1cccc(C(=O)Nc2ccncc2)c1CC. The van der Waals surface area contributed by atoms with E-state index in [2.05, 4.69) is 15.6 Å². The van der Waals surface area contributed by atoms with Crippen LogP contribution < -0.4 is 10.6 Å². The predicted octanol–water partition coefficient (Wildman–Crippen LogP) is 2.65. The number of hydrogen-bond donors (Lipinski definition) is 2. The number of nitrogens with zero attached hydrogens (tertiary/aromatic N) is 1. The van der Waals surface area contributed by atoms with E-state index in [1.165, 1.54) is 0 Å². The summed E-state index contributed by atoms with van der Waals surface area (Å²) in [5.74, 6) is -0.382. The molecule has 0 aliphatic rings. The van der Waals surface area contributed by atoms with Crippen molar-refractivity contribution in [3.05, 3.63) is 59.4 Å². The van der Waals surface area contributed by atoms with E-state index in [9.17, 15) is 9.59 Å². The molecule has 0 atom stereocenters. The summed E-state index contributed by atoms with van der Waals surface area (Å²) in [5, 5.41) is 5.59. The van der Waals surface area contributed by atoms with Crippen LogP contribution in [0.2, 0.25) is 0 Å². The van der Waals surface area contributed by atoms with Crippen molar-refractivity contribution in [1.82, 2.24) is 10.3 Å². The van der Waals surface area contributed by atoms with Gasteiger partial charge in [-0.15, -0.1) is 0 Å². The first-order chi connectivity index (χ1) is 10.7. The molecule has 0 bridgehead atoms. The molecule has 2 amide bonds. The van der Waals surface area contributed by atoms with Crippen LogP contribution in [-0.2, 0) is 6.42 Å². The summed E-state index contributed by atoms with van der Waals surface area (Å²) in [7, 11) is 0. The first-order valence-electron chi connectivity index (χ1n) is 7.28. The minimum absolute atomic E-state index is 0.155. The highest BCUT2D eigenvalue weighted by molar-refractivity contribution is 6.07. The molecule has 0 aliphatic heterocycles. The molecule has 22 heavy (non-hydrogen) atoms. The number of benzene rings is 1. The van der Waals surface area contributed by atoms with Crippen LogP contribution in [0, 0.1) is 0 Å². The van der Waals surface area contributed by atoms with Gasteiger partial charge in [-0.05, 0) is 43.2 Å². The molecule has 1 heterocycles. The van der Waals surface area contributed by atoms with Crippen molar-refractivity contribution in [3.8, 4) is 0 Å². The van der Waals surface area contributed by atoms with Gasteiger partial charge in [-0.3, -0.25) is 14.6 Å². The Morgan fingerprint density at radius 3 is 2.23 bits per heavy atom. The summed E-state index contributed by atoms with van der Waals surface area (Å²) >= 11 is 0. The lowest BCUT2D eigenvalue weighted by Crippen LogP contribution is -2.25. The fraction of sp³-hybridized carbons (Fsp3) is 0.235. The average molecular weight is 297 g/mol. The second-order valence-electron chi connectivity index (χ2n) is 4.73. The van der Waals surface area contributed by atoms with Crippen LogP contribution in [0.3, 0.4) is 0 Å². The Labute approximate surface area is 129 Å². The van der Waals surface area contributed by atoms with Gasteiger partial charge in [0, 0.05) is 35.8 Å². The minimum atomic E-state index is -0.228. The molecule has 0 saturated heterocycles. The van der Waals surface area contributed by atoms with E-state index < -0.39 is 0 Å². The number of carbonyl (C=O) groups is 2. The molecule has 5 nitrogen and oxygen atoms in total. The summed E-state index contributed by atoms with van der Waals surface area (Å²) in [6.45, 7) is 4.35. The van der Waals surface area contributed by atoms with Crippen molar-refractivity contribution in [3.63, 3.8) is 0 Å². The van der Waals surface area contributed by atoms with E-state index in [1.54, 1.807) is 42.7 Å². The zero-order valence-corrected chi connectivity index (χ0v) is 12.7. The van der Waals surface area contributed by atoms with Crippen molar-refractivity contribution in [2.24, 2.45) is 0 Å². The zero-order valence-electron chi connectivity index (χ0n) is 12.7. The van der Waals surface area contributed by atoms with Crippen LogP contribution in [0.5, 0.6) is 0 Å². The van der Waals surface area contributed by atoms with Gasteiger partial charge < -0.3 is 10.6 Å². The van der Waals surface area contributed by atoms with Crippen LogP contribution in [0.15, 0.2) is 42.7 Å². The van der Waals surface area contributed by atoms with E-state index in [-0.39, 0.29) is 11.8 Å². The molecule has 0 spiro atoms. The molecule has 114 valence electrons. The Hall–Kier alpha value is -2.69. The fourth-order valence-electron chi connectivity index (χ4n) is 2.28. The molecule has 1 aromatic carbocycles. The number of amides is 2. The lowest BCUT2D eigenvalue weighted by atomic mass is 9.97. The summed E-state index contributed by atoms with van der Waals surface area (Å²) in [5.41, 5.74) is 2.49. The first kappa shape index (κ1) is 15.7. The highest BCUT2D eigenvalue weighted by Crippen LogP contribution is 2.18. The topological polar surface area (TPSA) is 71.1 Å². The van der Waals surface area contributed by atoms with E-state index in [0.717, 1.165) is 5.56 Å². The molecule has 0 fully saturated rings. The van der Waals surface area contributed by atoms with Crippen LogP contribution in [-0.4, -0.2) is 23.3 Å². The highest BCUT2D eigenvalue weighted by Gasteiger charge is 2.17. The summed E-state index contributed by atoms with van der Waals surface area (Å²) < 4.78 is 0. The minimum Gasteiger partial charge on any atom is -0.352 e. The lowest BCUT2D eigenvalue weighted by Gasteiger charge is -2.13. The van der Waals surface area contributed by atoms with E-state index in [1.807, 2.05) is 13.8 Å². The van der Waals surface area contributed by atoms with Gasteiger partial charge in [-0.2, -0.15) is 0 Å². The van der Waals surface area contributed by atoms with Crippen LogP contribution in [0.1, 0.15) is 40.1 Å².